The number of amides is 2. The van der Waals surface area contributed by atoms with Crippen molar-refractivity contribution in [3.8, 4) is 0 Å². The first-order valence-electron chi connectivity index (χ1n) is 8.07. The Kier molecular flexibility index (Phi) is 4.49. The highest BCUT2D eigenvalue weighted by molar-refractivity contribution is 5.79. The lowest BCUT2D eigenvalue weighted by atomic mass is 9.77. The fraction of sp³-hybridized carbons (Fsp3) is 0.875. The van der Waals surface area contributed by atoms with Gasteiger partial charge < -0.3 is 14.9 Å². The van der Waals surface area contributed by atoms with E-state index in [-0.39, 0.29) is 6.03 Å². The quantitative estimate of drug-likeness (QED) is 0.852. The molecule has 0 saturated carbocycles. The van der Waals surface area contributed by atoms with Crippen LogP contribution in [-0.2, 0) is 4.79 Å². The van der Waals surface area contributed by atoms with Gasteiger partial charge in [0.1, 0.15) is 0 Å². The first kappa shape index (κ1) is 16.1. The smallest absolute Gasteiger partial charge is 0.320 e. The number of carboxylic acids is 1. The van der Waals surface area contributed by atoms with Gasteiger partial charge in [0.2, 0.25) is 0 Å². The number of urea groups is 1. The summed E-state index contributed by atoms with van der Waals surface area (Å²) in [6.07, 6.45) is 4.08. The average Bonchev–Trinajstić information content (AvgIpc) is 2.46. The Morgan fingerprint density at radius 3 is 2.19 bits per heavy atom. The molecular formula is C16H28N2O3. The van der Waals surface area contributed by atoms with Crippen LogP contribution in [0.1, 0.15) is 52.9 Å². The van der Waals surface area contributed by atoms with Crippen LogP contribution >= 0.6 is 0 Å². The molecule has 1 unspecified atom stereocenters. The van der Waals surface area contributed by atoms with Crippen LogP contribution < -0.4 is 0 Å². The molecule has 1 atom stereocenters. The van der Waals surface area contributed by atoms with Crippen LogP contribution in [0.15, 0.2) is 0 Å². The molecule has 2 fully saturated rings. The van der Waals surface area contributed by atoms with Gasteiger partial charge in [-0.15, -0.1) is 0 Å². The molecule has 1 N–H and O–H groups in total. The predicted octanol–water partition coefficient (Wildman–Crippen LogP) is 2.81. The van der Waals surface area contributed by atoms with Crippen molar-refractivity contribution >= 4 is 12.0 Å². The lowest BCUT2D eigenvalue weighted by molar-refractivity contribution is -0.152. The molecule has 5 nitrogen and oxygen atoms in total. The van der Waals surface area contributed by atoms with Gasteiger partial charge in [-0.1, -0.05) is 20.8 Å². The van der Waals surface area contributed by atoms with E-state index in [1.54, 1.807) is 4.90 Å². The Labute approximate surface area is 127 Å². The first-order chi connectivity index (χ1) is 9.80. The summed E-state index contributed by atoms with van der Waals surface area (Å²) in [5.41, 5.74) is -0.435. The van der Waals surface area contributed by atoms with Crippen LogP contribution in [0.5, 0.6) is 0 Å². The molecule has 120 valence electrons. The Morgan fingerprint density at radius 1 is 1.05 bits per heavy atom. The minimum absolute atomic E-state index is 0.0317. The minimum atomic E-state index is -0.762. The number of likely N-dealkylation sites (tertiary alicyclic amines) is 2. The van der Waals surface area contributed by atoms with Crippen LogP contribution in [0.2, 0.25) is 0 Å². The van der Waals surface area contributed by atoms with E-state index in [0.717, 1.165) is 32.4 Å². The molecule has 0 radical (unpaired) electrons. The van der Waals surface area contributed by atoms with Crippen molar-refractivity contribution in [3.63, 3.8) is 0 Å². The van der Waals surface area contributed by atoms with Gasteiger partial charge >= 0.3 is 12.0 Å². The number of piperidine rings is 2. The number of carbonyl (C=O) groups excluding carboxylic acids is 1. The van der Waals surface area contributed by atoms with Crippen molar-refractivity contribution in [1.82, 2.24) is 9.80 Å². The number of nitrogens with zero attached hydrogens (tertiary/aromatic N) is 2. The van der Waals surface area contributed by atoms with Gasteiger partial charge in [-0.2, -0.15) is 0 Å². The Bertz CT molecular complexity index is 412. The molecular weight excluding hydrogens is 268 g/mol. The van der Waals surface area contributed by atoms with Crippen molar-refractivity contribution in [2.24, 2.45) is 10.8 Å². The number of hydrogen-bond acceptors (Lipinski definition) is 2. The Hall–Kier alpha value is -1.26. The minimum Gasteiger partial charge on any atom is -0.481 e. The normalized spacial score (nSPS) is 29.3. The fourth-order valence-corrected chi connectivity index (χ4v) is 3.41. The third kappa shape index (κ3) is 3.33. The van der Waals surface area contributed by atoms with E-state index in [2.05, 4.69) is 13.8 Å². The van der Waals surface area contributed by atoms with Gasteiger partial charge in [0, 0.05) is 26.2 Å². The monoisotopic (exact) mass is 296 g/mol. The van der Waals surface area contributed by atoms with Crippen molar-refractivity contribution in [3.05, 3.63) is 0 Å². The van der Waals surface area contributed by atoms with Crippen LogP contribution in [0.4, 0.5) is 4.79 Å². The summed E-state index contributed by atoms with van der Waals surface area (Å²) < 4.78 is 0. The maximum atomic E-state index is 12.6. The largest absolute Gasteiger partial charge is 0.481 e. The molecule has 2 saturated heterocycles. The highest BCUT2D eigenvalue weighted by Crippen LogP contribution is 2.35. The molecule has 2 aliphatic heterocycles. The Morgan fingerprint density at radius 2 is 1.67 bits per heavy atom. The zero-order valence-electron chi connectivity index (χ0n) is 13.5. The van der Waals surface area contributed by atoms with Crippen molar-refractivity contribution in [2.75, 3.05) is 26.2 Å². The van der Waals surface area contributed by atoms with Crippen LogP contribution in [-0.4, -0.2) is 53.1 Å². The molecule has 0 spiro atoms. The second-order valence-electron chi connectivity index (χ2n) is 7.40. The van der Waals surface area contributed by atoms with E-state index >= 15 is 0 Å². The van der Waals surface area contributed by atoms with Gasteiger partial charge in [-0.05, 0) is 37.5 Å². The molecule has 0 aromatic rings. The third-order valence-corrected chi connectivity index (χ3v) is 5.37. The van der Waals surface area contributed by atoms with Gasteiger partial charge in [0.25, 0.3) is 0 Å². The first-order valence-corrected chi connectivity index (χ1v) is 8.07. The van der Waals surface area contributed by atoms with E-state index in [1.165, 1.54) is 0 Å². The van der Waals surface area contributed by atoms with Crippen LogP contribution in [0, 0.1) is 10.8 Å². The SMILES string of the molecule is CCC1(C(=O)O)CCCN(C(=O)N2CCC(C)(C)CC2)C1. The molecule has 5 heteroatoms. The fourth-order valence-electron chi connectivity index (χ4n) is 3.41. The summed E-state index contributed by atoms with van der Waals surface area (Å²) in [6, 6.07) is 0.0317. The van der Waals surface area contributed by atoms with Gasteiger partial charge in [-0.3, -0.25) is 4.79 Å². The summed E-state index contributed by atoms with van der Waals surface area (Å²) in [4.78, 5) is 27.9. The standard InChI is InChI=1S/C16H28N2O3/c1-4-16(13(19)20)6-5-9-18(12-16)14(21)17-10-7-15(2,3)8-11-17/h4-12H2,1-3H3,(H,19,20). The molecule has 2 rings (SSSR count). The summed E-state index contributed by atoms with van der Waals surface area (Å²) in [6.45, 7) is 9.00. The molecule has 21 heavy (non-hydrogen) atoms. The van der Waals surface area contributed by atoms with Crippen LogP contribution in [0.3, 0.4) is 0 Å². The molecule has 0 aliphatic carbocycles. The van der Waals surface area contributed by atoms with E-state index in [0.29, 0.717) is 31.3 Å². The predicted molar refractivity (Wildman–Crippen MR) is 81.2 cm³/mol. The zero-order valence-corrected chi connectivity index (χ0v) is 13.5. The van der Waals surface area contributed by atoms with Crippen molar-refractivity contribution in [1.29, 1.82) is 0 Å². The van der Waals surface area contributed by atoms with Crippen LogP contribution in [0.25, 0.3) is 0 Å². The van der Waals surface area contributed by atoms with Gasteiger partial charge in [0.15, 0.2) is 0 Å². The summed E-state index contributed by atoms with van der Waals surface area (Å²) in [5, 5.41) is 9.52. The molecule has 0 aromatic carbocycles. The lowest BCUT2D eigenvalue weighted by Gasteiger charge is -2.43. The number of aliphatic carboxylic acids is 1. The third-order valence-electron chi connectivity index (χ3n) is 5.37. The summed E-state index contributed by atoms with van der Waals surface area (Å²) in [7, 11) is 0. The second-order valence-corrected chi connectivity index (χ2v) is 7.40. The maximum Gasteiger partial charge on any atom is 0.320 e. The molecule has 2 heterocycles. The summed E-state index contributed by atoms with van der Waals surface area (Å²) in [5.74, 6) is -0.762. The van der Waals surface area contributed by atoms with Gasteiger partial charge in [-0.25, -0.2) is 4.79 Å². The number of hydrogen-bond donors (Lipinski definition) is 1. The highest BCUT2D eigenvalue weighted by Gasteiger charge is 2.43. The molecule has 0 bridgehead atoms. The van der Waals surface area contributed by atoms with Crippen molar-refractivity contribution in [2.45, 2.75) is 52.9 Å². The van der Waals surface area contributed by atoms with E-state index in [9.17, 15) is 14.7 Å². The number of rotatable bonds is 2. The second kappa shape index (κ2) is 5.85. The maximum absolute atomic E-state index is 12.6. The molecule has 0 aromatic heterocycles. The Balaban J connectivity index is 2.01. The highest BCUT2D eigenvalue weighted by atomic mass is 16.4. The lowest BCUT2D eigenvalue weighted by Crippen LogP contribution is -2.55. The van der Waals surface area contributed by atoms with E-state index in [1.807, 2.05) is 11.8 Å². The van der Waals surface area contributed by atoms with E-state index < -0.39 is 11.4 Å². The molecule has 2 aliphatic rings. The number of carboxylic acid groups (broad SMARTS) is 1. The zero-order chi connectivity index (χ0) is 15.7. The van der Waals surface area contributed by atoms with E-state index in [4.69, 9.17) is 0 Å². The number of carbonyl (C=O) groups is 2. The summed E-state index contributed by atoms with van der Waals surface area (Å²) >= 11 is 0. The average molecular weight is 296 g/mol. The topological polar surface area (TPSA) is 60.9 Å². The van der Waals surface area contributed by atoms with Gasteiger partial charge in [0.05, 0.1) is 5.41 Å². The van der Waals surface area contributed by atoms with Crippen molar-refractivity contribution < 1.29 is 14.7 Å². The molecule has 2 amide bonds.